The zero-order valence-electron chi connectivity index (χ0n) is 11.0. The molecule has 1 fully saturated rings. The molecule has 2 amide bonds. The molecule has 0 bridgehead atoms. The van der Waals surface area contributed by atoms with Gasteiger partial charge in [0, 0.05) is 13.7 Å². The van der Waals surface area contributed by atoms with E-state index >= 15 is 0 Å². The summed E-state index contributed by atoms with van der Waals surface area (Å²) in [7, 11) is 1.60. The average molecular weight is 257 g/mol. The van der Waals surface area contributed by atoms with Crippen molar-refractivity contribution in [3.63, 3.8) is 0 Å². The molecule has 0 aromatic rings. The fraction of sp³-hybridized carbons (Fsp3) is 0.833. The first-order valence-corrected chi connectivity index (χ1v) is 6.41. The molecule has 6 heteroatoms. The summed E-state index contributed by atoms with van der Waals surface area (Å²) < 4.78 is 4.86. The van der Waals surface area contributed by atoms with Crippen molar-refractivity contribution in [1.82, 2.24) is 10.6 Å². The lowest BCUT2D eigenvalue weighted by Crippen LogP contribution is -2.59. The Balaban J connectivity index is 2.41. The zero-order valence-corrected chi connectivity index (χ0v) is 11.0. The van der Waals surface area contributed by atoms with Gasteiger partial charge in [-0.3, -0.25) is 9.59 Å². The third-order valence-corrected chi connectivity index (χ3v) is 3.33. The fourth-order valence-corrected chi connectivity index (χ4v) is 2.28. The summed E-state index contributed by atoms with van der Waals surface area (Å²) in [6, 6.07) is 0. The minimum absolute atomic E-state index is 0.179. The van der Waals surface area contributed by atoms with E-state index in [4.69, 9.17) is 10.5 Å². The van der Waals surface area contributed by atoms with Gasteiger partial charge in [-0.15, -0.1) is 0 Å². The van der Waals surface area contributed by atoms with E-state index in [-0.39, 0.29) is 12.5 Å². The van der Waals surface area contributed by atoms with Crippen LogP contribution in [0.25, 0.3) is 0 Å². The van der Waals surface area contributed by atoms with E-state index < -0.39 is 11.4 Å². The number of carbonyl (C=O) groups excluding carboxylic acids is 2. The number of methoxy groups -OCH3 is 1. The molecule has 0 saturated heterocycles. The molecule has 0 aliphatic heterocycles. The molecule has 4 N–H and O–H groups in total. The monoisotopic (exact) mass is 257 g/mol. The summed E-state index contributed by atoms with van der Waals surface area (Å²) in [5.74, 6) is -0.612. The first-order chi connectivity index (χ1) is 8.60. The zero-order chi connectivity index (χ0) is 13.4. The van der Waals surface area contributed by atoms with Crippen LogP contribution in [0.2, 0.25) is 0 Å². The van der Waals surface area contributed by atoms with Crippen molar-refractivity contribution in [2.24, 2.45) is 5.73 Å². The summed E-state index contributed by atoms with van der Waals surface area (Å²) in [5.41, 5.74) is 4.60. The molecule has 1 aliphatic carbocycles. The van der Waals surface area contributed by atoms with Crippen molar-refractivity contribution < 1.29 is 14.3 Å². The maximum absolute atomic E-state index is 11.8. The van der Waals surface area contributed by atoms with Crippen molar-refractivity contribution >= 4 is 11.8 Å². The molecule has 104 valence electrons. The molecule has 0 aromatic carbocycles. The third-order valence-electron chi connectivity index (χ3n) is 3.33. The molecule has 0 radical (unpaired) electrons. The Morgan fingerprint density at radius 3 is 2.50 bits per heavy atom. The maximum atomic E-state index is 11.8. The predicted molar refractivity (Wildman–Crippen MR) is 67.9 cm³/mol. The van der Waals surface area contributed by atoms with Gasteiger partial charge in [-0.25, -0.2) is 0 Å². The Morgan fingerprint density at radius 2 is 1.94 bits per heavy atom. The SMILES string of the molecule is COCCNCC(=O)NC1(C(N)=O)CCCCC1. The number of rotatable bonds is 7. The summed E-state index contributed by atoms with van der Waals surface area (Å²) in [5, 5.41) is 5.73. The largest absolute Gasteiger partial charge is 0.383 e. The number of amides is 2. The molecule has 18 heavy (non-hydrogen) atoms. The minimum atomic E-state index is -0.835. The van der Waals surface area contributed by atoms with Crippen LogP contribution in [0.15, 0.2) is 0 Å². The quantitative estimate of drug-likeness (QED) is 0.537. The van der Waals surface area contributed by atoms with E-state index in [1.807, 2.05) is 0 Å². The van der Waals surface area contributed by atoms with Gasteiger partial charge in [0.05, 0.1) is 13.2 Å². The normalized spacial score (nSPS) is 18.3. The second-order valence-electron chi connectivity index (χ2n) is 4.72. The van der Waals surface area contributed by atoms with Crippen LogP contribution in [0, 0.1) is 0 Å². The highest BCUT2D eigenvalue weighted by molar-refractivity contribution is 5.91. The van der Waals surface area contributed by atoms with Crippen LogP contribution in [0.5, 0.6) is 0 Å². The van der Waals surface area contributed by atoms with Gasteiger partial charge >= 0.3 is 0 Å². The summed E-state index contributed by atoms with van der Waals surface area (Å²) in [6.07, 6.45) is 4.25. The van der Waals surface area contributed by atoms with E-state index in [1.54, 1.807) is 7.11 Å². The van der Waals surface area contributed by atoms with Gasteiger partial charge in [-0.05, 0) is 12.8 Å². The highest BCUT2D eigenvalue weighted by Gasteiger charge is 2.38. The molecule has 0 aromatic heterocycles. The summed E-state index contributed by atoms with van der Waals surface area (Å²) in [4.78, 5) is 23.3. The van der Waals surface area contributed by atoms with Gasteiger partial charge in [-0.1, -0.05) is 19.3 Å². The molecule has 1 aliphatic rings. The lowest BCUT2D eigenvalue weighted by molar-refractivity contribution is -0.132. The Kier molecular flexibility index (Phi) is 6.07. The van der Waals surface area contributed by atoms with Gasteiger partial charge < -0.3 is 21.1 Å². The van der Waals surface area contributed by atoms with E-state index in [2.05, 4.69) is 10.6 Å². The van der Waals surface area contributed by atoms with Crippen LogP contribution >= 0.6 is 0 Å². The smallest absolute Gasteiger partial charge is 0.243 e. The third kappa shape index (κ3) is 4.27. The van der Waals surface area contributed by atoms with Crippen molar-refractivity contribution in [3.05, 3.63) is 0 Å². The highest BCUT2D eigenvalue weighted by atomic mass is 16.5. The number of hydrogen-bond acceptors (Lipinski definition) is 4. The van der Waals surface area contributed by atoms with Crippen LogP contribution in [-0.2, 0) is 14.3 Å². The number of carbonyl (C=O) groups is 2. The first kappa shape index (κ1) is 14.9. The molecule has 1 saturated carbocycles. The second-order valence-corrected chi connectivity index (χ2v) is 4.72. The Bertz CT molecular complexity index is 288. The molecule has 0 unspecified atom stereocenters. The predicted octanol–water partition coefficient (Wildman–Crippen LogP) is -0.473. The van der Waals surface area contributed by atoms with E-state index in [0.29, 0.717) is 26.0 Å². The van der Waals surface area contributed by atoms with Crippen molar-refractivity contribution in [1.29, 1.82) is 0 Å². The molecule has 0 spiro atoms. The van der Waals surface area contributed by atoms with Crippen molar-refractivity contribution in [3.8, 4) is 0 Å². The standard InChI is InChI=1S/C12H23N3O3/c1-18-8-7-14-9-10(16)15-12(11(13)17)5-3-2-4-6-12/h14H,2-9H2,1H3,(H2,13,17)(H,15,16). The highest BCUT2D eigenvalue weighted by Crippen LogP contribution is 2.27. The first-order valence-electron chi connectivity index (χ1n) is 6.41. The topological polar surface area (TPSA) is 93.4 Å². The van der Waals surface area contributed by atoms with Crippen LogP contribution in [0.4, 0.5) is 0 Å². The van der Waals surface area contributed by atoms with E-state index in [0.717, 1.165) is 19.3 Å². The van der Waals surface area contributed by atoms with Crippen molar-refractivity contribution in [2.45, 2.75) is 37.6 Å². The molecule has 6 nitrogen and oxygen atoms in total. The fourth-order valence-electron chi connectivity index (χ4n) is 2.28. The van der Waals surface area contributed by atoms with Crippen LogP contribution < -0.4 is 16.4 Å². The summed E-state index contributed by atoms with van der Waals surface area (Å²) in [6.45, 7) is 1.33. The van der Waals surface area contributed by atoms with Gasteiger partial charge in [0.15, 0.2) is 0 Å². The van der Waals surface area contributed by atoms with Gasteiger partial charge in [0.25, 0.3) is 0 Å². The van der Waals surface area contributed by atoms with E-state index in [1.165, 1.54) is 0 Å². The average Bonchev–Trinajstić information content (AvgIpc) is 2.35. The molecule has 1 rings (SSSR count). The number of primary amides is 1. The Labute approximate surface area is 108 Å². The number of nitrogens with two attached hydrogens (primary N) is 1. The van der Waals surface area contributed by atoms with Crippen LogP contribution in [-0.4, -0.2) is 44.2 Å². The lowest BCUT2D eigenvalue weighted by atomic mass is 9.81. The molecule has 0 atom stereocenters. The van der Waals surface area contributed by atoms with Gasteiger partial charge in [0.1, 0.15) is 5.54 Å². The molecular formula is C12H23N3O3. The molecular weight excluding hydrogens is 234 g/mol. The Morgan fingerprint density at radius 1 is 1.28 bits per heavy atom. The lowest BCUT2D eigenvalue weighted by Gasteiger charge is -2.35. The van der Waals surface area contributed by atoms with E-state index in [9.17, 15) is 9.59 Å². The number of hydrogen-bond donors (Lipinski definition) is 3. The second kappa shape index (κ2) is 7.33. The molecule has 0 heterocycles. The minimum Gasteiger partial charge on any atom is -0.383 e. The Hall–Kier alpha value is -1.14. The van der Waals surface area contributed by atoms with Crippen LogP contribution in [0.1, 0.15) is 32.1 Å². The van der Waals surface area contributed by atoms with Gasteiger partial charge in [-0.2, -0.15) is 0 Å². The van der Waals surface area contributed by atoms with Crippen molar-refractivity contribution in [2.75, 3.05) is 26.8 Å². The van der Waals surface area contributed by atoms with Gasteiger partial charge in [0.2, 0.25) is 11.8 Å². The van der Waals surface area contributed by atoms with Crippen LogP contribution in [0.3, 0.4) is 0 Å². The number of ether oxygens (including phenoxy) is 1. The maximum Gasteiger partial charge on any atom is 0.243 e. The number of nitrogens with one attached hydrogen (secondary N) is 2. The summed E-state index contributed by atoms with van der Waals surface area (Å²) >= 11 is 0.